The minimum Gasteiger partial charge on any atom is -0.486 e. The molecule has 2 saturated heterocycles. The lowest BCUT2D eigenvalue weighted by Crippen LogP contribution is -2.41. The largest absolute Gasteiger partial charge is 0.486 e. The SMILES string of the molecule is O=C(C1CC(=O)N(c2ccc3c(c2)OCCO3)C1)N(Cc1cccs1)CC1CCCO1. The lowest BCUT2D eigenvalue weighted by Gasteiger charge is -2.27. The maximum absolute atomic E-state index is 13.5. The highest BCUT2D eigenvalue weighted by Gasteiger charge is 2.38. The van der Waals surface area contributed by atoms with Gasteiger partial charge in [-0.25, -0.2) is 0 Å². The Morgan fingerprint density at radius 2 is 2.03 bits per heavy atom. The van der Waals surface area contributed by atoms with E-state index in [1.807, 2.05) is 40.6 Å². The van der Waals surface area contributed by atoms with E-state index in [4.69, 9.17) is 14.2 Å². The van der Waals surface area contributed by atoms with Crippen LogP contribution in [0.5, 0.6) is 11.5 Å². The molecule has 0 spiro atoms. The first-order valence-electron chi connectivity index (χ1n) is 10.8. The average molecular weight is 443 g/mol. The van der Waals surface area contributed by atoms with Crippen molar-refractivity contribution in [1.29, 1.82) is 0 Å². The third-order valence-electron chi connectivity index (χ3n) is 6.00. The Morgan fingerprint density at radius 1 is 1.16 bits per heavy atom. The lowest BCUT2D eigenvalue weighted by molar-refractivity contribution is -0.138. The van der Waals surface area contributed by atoms with Crippen molar-refractivity contribution >= 4 is 28.8 Å². The Morgan fingerprint density at radius 3 is 2.81 bits per heavy atom. The van der Waals surface area contributed by atoms with E-state index in [1.54, 1.807) is 16.2 Å². The molecule has 0 N–H and O–H groups in total. The predicted molar refractivity (Wildman–Crippen MR) is 117 cm³/mol. The topological polar surface area (TPSA) is 68.3 Å². The van der Waals surface area contributed by atoms with Crippen LogP contribution < -0.4 is 14.4 Å². The van der Waals surface area contributed by atoms with Crippen molar-refractivity contribution in [1.82, 2.24) is 4.90 Å². The fraction of sp³-hybridized carbons (Fsp3) is 0.478. The molecule has 3 aliphatic rings. The lowest BCUT2D eigenvalue weighted by atomic mass is 10.1. The molecule has 3 aliphatic heterocycles. The summed E-state index contributed by atoms with van der Waals surface area (Å²) >= 11 is 1.64. The number of carbonyl (C=O) groups excluding carboxylic acids is 2. The van der Waals surface area contributed by atoms with Crippen molar-refractivity contribution in [2.75, 3.05) is 37.8 Å². The number of benzene rings is 1. The zero-order valence-electron chi connectivity index (χ0n) is 17.3. The summed E-state index contributed by atoms with van der Waals surface area (Å²) < 4.78 is 17.0. The van der Waals surface area contributed by atoms with E-state index < -0.39 is 0 Å². The van der Waals surface area contributed by atoms with Crippen LogP contribution >= 0.6 is 11.3 Å². The van der Waals surface area contributed by atoms with Crippen LogP contribution in [0.15, 0.2) is 35.7 Å². The van der Waals surface area contributed by atoms with Crippen LogP contribution in [0.3, 0.4) is 0 Å². The molecule has 0 bridgehead atoms. The molecule has 5 rings (SSSR count). The first-order valence-corrected chi connectivity index (χ1v) is 11.7. The molecule has 2 fully saturated rings. The summed E-state index contributed by atoms with van der Waals surface area (Å²) in [5.41, 5.74) is 0.744. The number of hydrogen-bond acceptors (Lipinski definition) is 6. The van der Waals surface area contributed by atoms with Crippen molar-refractivity contribution in [3.63, 3.8) is 0 Å². The predicted octanol–water partition coefficient (Wildman–Crippen LogP) is 3.08. The van der Waals surface area contributed by atoms with Crippen molar-refractivity contribution in [3.8, 4) is 11.5 Å². The van der Waals surface area contributed by atoms with Gasteiger partial charge >= 0.3 is 0 Å². The molecule has 31 heavy (non-hydrogen) atoms. The second-order valence-corrected chi connectivity index (χ2v) is 9.20. The molecule has 7 nitrogen and oxygen atoms in total. The zero-order chi connectivity index (χ0) is 21.2. The monoisotopic (exact) mass is 442 g/mol. The van der Waals surface area contributed by atoms with Gasteiger partial charge in [0.1, 0.15) is 13.2 Å². The van der Waals surface area contributed by atoms with Gasteiger partial charge in [0.25, 0.3) is 0 Å². The highest BCUT2D eigenvalue weighted by molar-refractivity contribution is 7.09. The highest BCUT2D eigenvalue weighted by Crippen LogP contribution is 2.36. The average Bonchev–Trinajstić information content (AvgIpc) is 3.55. The van der Waals surface area contributed by atoms with Crippen LogP contribution in [0.1, 0.15) is 24.1 Å². The molecule has 0 radical (unpaired) electrons. The second-order valence-electron chi connectivity index (χ2n) is 8.17. The van der Waals surface area contributed by atoms with E-state index in [9.17, 15) is 9.59 Å². The van der Waals surface area contributed by atoms with Crippen molar-refractivity contribution in [2.24, 2.45) is 5.92 Å². The fourth-order valence-electron chi connectivity index (χ4n) is 4.44. The summed E-state index contributed by atoms with van der Waals surface area (Å²) in [6.45, 7) is 3.29. The number of fused-ring (bicyclic) bond motifs is 1. The summed E-state index contributed by atoms with van der Waals surface area (Å²) in [4.78, 5) is 31.0. The molecule has 2 amide bonds. The van der Waals surface area contributed by atoms with Gasteiger partial charge in [0.2, 0.25) is 11.8 Å². The Balaban J connectivity index is 1.31. The van der Waals surface area contributed by atoms with E-state index in [1.165, 1.54) is 0 Å². The molecule has 8 heteroatoms. The number of rotatable bonds is 6. The summed E-state index contributed by atoms with van der Waals surface area (Å²) in [5.74, 6) is 0.958. The summed E-state index contributed by atoms with van der Waals surface area (Å²) in [5, 5.41) is 2.02. The molecule has 2 atom stereocenters. The number of hydrogen-bond donors (Lipinski definition) is 0. The van der Waals surface area contributed by atoms with E-state index in [-0.39, 0.29) is 30.3 Å². The van der Waals surface area contributed by atoms with Gasteiger partial charge in [0.05, 0.1) is 18.6 Å². The third-order valence-corrected chi connectivity index (χ3v) is 6.86. The van der Waals surface area contributed by atoms with Crippen LogP contribution in [0.25, 0.3) is 0 Å². The molecule has 0 saturated carbocycles. The van der Waals surface area contributed by atoms with Gasteiger partial charge in [-0.15, -0.1) is 11.3 Å². The highest BCUT2D eigenvalue weighted by atomic mass is 32.1. The summed E-state index contributed by atoms with van der Waals surface area (Å²) in [7, 11) is 0. The van der Waals surface area contributed by atoms with Gasteiger partial charge in [0.15, 0.2) is 11.5 Å². The zero-order valence-corrected chi connectivity index (χ0v) is 18.1. The number of anilines is 1. The molecule has 0 aliphatic carbocycles. The molecule has 4 heterocycles. The molecular weight excluding hydrogens is 416 g/mol. The van der Waals surface area contributed by atoms with Crippen molar-refractivity contribution in [3.05, 3.63) is 40.6 Å². The number of amides is 2. The minimum atomic E-state index is -0.359. The number of carbonyl (C=O) groups is 2. The molecular formula is C23H26N2O5S. The molecule has 2 unspecified atom stereocenters. The van der Waals surface area contributed by atoms with Gasteiger partial charge in [-0.1, -0.05) is 6.07 Å². The maximum atomic E-state index is 13.5. The van der Waals surface area contributed by atoms with Crippen LogP contribution in [-0.4, -0.2) is 55.7 Å². The first-order chi connectivity index (χ1) is 15.2. The Hall–Kier alpha value is -2.58. The van der Waals surface area contributed by atoms with Crippen LogP contribution in [0.2, 0.25) is 0 Å². The smallest absolute Gasteiger partial charge is 0.228 e. The molecule has 1 aromatic heterocycles. The van der Waals surface area contributed by atoms with Gasteiger partial charge in [-0.05, 0) is 36.4 Å². The van der Waals surface area contributed by atoms with Crippen LogP contribution in [-0.2, 0) is 20.9 Å². The Kier molecular flexibility index (Phi) is 5.82. The van der Waals surface area contributed by atoms with Gasteiger partial charge in [-0.3, -0.25) is 9.59 Å². The van der Waals surface area contributed by atoms with Gasteiger partial charge < -0.3 is 24.0 Å². The number of thiophene rings is 1. The normalized spacial score (nSPS) is 22.7. The van der Waals surface area contributed by atoms with E-state index in [0.717, 1.165) is 30.0 Å². The van der Waals surface area contributed by atoms with Crippen molar-refractivity contribution < 1.29 is 23.8 Å². The molecule has 164 valence electrons. The summed E-state index contributed by atoms with van der Waals surface area (Å²) in [6.07, 6.45) is 2.31. The Bertz CT molecular complexity index is 941. The van der Waals surface area contributed by atoms with E-state index in [0.29, 0.717) is 44.3 Å². The maximum Gasteiger partial charge on any atom is 0.228 e. The quantitative estimate of drug-likeness (QED) is 0.688. The fourth-order valence-corrected chi connectivity index (χ4v) is 5.16. The Labute approximate surface area is 185 Å². The van der Waals surface area contributed by atoms with Crippen LogP contribution in [0.4, 0.5) is 5.69 Å². The third kappa shape index (κ3) is 4.41. The second kappa shape index (κ2) is 8.88. The van der Waals surface area contributed by atoms with E-state index in [2.05, 4.69) is 0 Å². The van der Waals surface area contributed by atoms with Crippen molar-refractivity contribution in [2.45, 2.75) is 31.9 Å². The molecule has 2 aromatic rings. The van der Waals surface area contributed by atoms with Gasteiger partial charge in [0, 0.05) is 42.7 Å². The molecule has 1 aromatic carbocycles. The number of ether oxygens (including phenoxy) is 3. The first kappa shape index (κ1) is 20.3. The minimum absolute atomic E-state index is 0.0253. The number of nitrogens with zero attached hydrogens (tertiary/aromatic N) is 2. The summed E-state index contributed by atoms with van der Waals surface area (Å²) in [6, 6.07) is 9.55. The van der Waals surface area contributed by atoms with Crippen LogP contribution in [0, 0.1) is 5.92 Å². The standard InChI is InChI=1S/C23H26N2O5S/c26-22-11-16(13-25(22)17-5-6-20-21(12-17)30-9-8-29-20)23(27)24(14-18-3-1-7-28-18)15-19-4-2-10-31-19/h2,4-6,10,12,16,18H,1,3,7-9,11,13-15H2. The van der Waals surface area contributed by atoms with Gasteiger partial charge in [-0.2, -0.15) is 0 Å². The van der Waals surface area contributed by atoms with E-state index >= 15 is 0 Å².